The first-order valence-electron chi connectivity index (χ1n) is 9.76. The molecule has 0 aromatic heterocycles. The highest BCUT2D eigenvalue weighted by atomic mass is 16.5. The average Bonchev–Trinajstić information content (AvgIpc) is 2.69. The number of nitrogens with one attached hydrogen (secondary N) is 2. The lowest BCUT2D eigenvalue weighted by atomic mass is 10.1. The van der Waals surface area contributed by atoms with Gasteiger partial charge in [-0.25, -0.2) is 0 Å². The maximum atomic E-state index is 12.3. The number of nitrogens with zero attached hydrogens (tertiary/aromatic N) is 1. The van der Waals surface area contributed by atoms with Gasteiger partial charge in [-0.2, -0.15) is 0 Å². The molecule has 26 heavy (non-hydrogen) atoms. The monoisotopic (exact) mass is 361 g/mol. The molecule has 2 N–H and O–H groups in total. The van der Waals surface area contributed by atoms with E-state index >= 15 is 0 Å². The molecule has 1 atom stereocenters. The van der Waals surface area contributed by atoms with Gasteiger partial charge in [0.25, 0.3) is 0 Å². The number of hydrogen-bond acceptors (Lipinski definition) is 5. The molecular formula is C20H31N3O3. The molecule has 144 valence electrons. The van der Waals surface area contributed by atoms with Crippen LogP contribution in [0.3, 0.4) is 0 Å². The number of hydrogen-bond donors (Lipinski definition) is 2. The molecule has 1 aromatic rings. The summed E-state index contributed by atoms with van der Waals surface area (Å²) in [6.07, 6.45) is 5.83. The van der Waals surface area contributed by atoms with Crippen LogP contribution in [-0.4, -0.2) is 62.8 Å². The van der Waals surface area contributed by atoms with E-state index in [1.165, 1.54) is 6.42 Å². The lowest BCUT2D eigenvalue weighted by Crippen LogP contribution is -2.44. The van der Waals surface area contributed by atoms with E-state index in [0.29, 0.717) is 19.2 Å². The summed E-state index contributed by atoms with van der Waals surface area (Å²) in [5, 5.41) is 6.32. The Balaban J connectivity index is 1.40. The summed E-state index contributed by atoms with van der Waals surface area (Å²) in [7, 11) is 2.03. The molecule has 2 aliphatic heterocycles. The minimum Gasteiger partial charge on any atom is -0.491 e. The first kappa shape index (κ1) is 19.1. The van der Waals surface area contributed by atoms with Gasteiger partial charge in [-0.05, 0) is 76.5 Å². The summed E-state index contributed by atoms with van der Waals surface area (Å²) < 4.78 is 11.5. The highest BCUT2D eigenvalue weighted by molar-refractivity contribution is 5.92. The van der Waals surface area contributed by atoms with E-state index < -0.39 is 0 Å². The van der Waals surface area contributed by atoms with E-state index in [0.717, 1.165) is 56.8 Å². The molecule has 1 unspecified atom stereocenters. The van der Waals surface area contributed by atoms with Crippen molar-refractivity contribution >= 4 is 11.6 Å². The molecule has 1 amide bonds. The largest absolute Gasteiger partial charge is 0.491 e. The van der Waals surface area contributed by atoms with Crippen LogP contribution < -0.4 is 15.4 Å². The summed E-state index contributed by atoms with van der Waals surface area (Å²) in [6.45, 7) is 3.91. The first-order chi connectivity index (χ1) is 12.7. The van der Waals surface area contributed by atoms with Crippen molar-refractivity contribution in [1.29, 1.82) is 0 Å². The van der Waals surface area contributed by atoms with Gasteiger partial charge in [0.1, 0.15) is 12.4 Å². The van der Waals surface area contributed by atoms with Crippen molar-refractivity contribution in [2.75, 3.05) is 45.2 Å². The molecule has 2 heterocycles. The van der Waals surface area contributed by atoms with Gasteiger partial charge in [-0.3, -0.25) is 9.69 Å². The van der Waals surface area contributed by atoms with Crippen LogP contribution >= 0.6 is 0 Å². The van der Waals surface area contributed by atoms with Gasteiger partial charge < -0.3 is 20.1 Å². The van der Waals surface area contributed by atoms with Gasteiger partial charge in [-0.1, -0.05) is 0 Å². The van der Waals surface area contributed by atoms with Crippen molar-refractivity contribution in [2.24, 2.45) is 0 Å². The molecule has 0 aliphatic carbocycles. The number of rotatable bonds is 7. The zero-order chi connectivity index (χ0) is 18.2. The Morgan fingerprint density at radius 1 is 1.23 bits per heavy atom. The Bertz CT molecular complexity index is 552. The molecule has 2 aliphatic rings. The lowest BCUT2D eigenvalue weighted by Gasteiger charge is -2.31. The standard InChI is InChI=1S/C20H31N3O3/c1-23(17-9-11-21-12-10-17)14-20(24)22-16-5-7-18(8-6-16)26-15-19-4-2-3-13-25-19/h5-8,17,19,21H,2-4,9-15H2,1H3,(H,22,24). The molecule has 6 heteroatoms. The Morgan fingerprint density at radius 3 is 2.69 bits per heavy atom. The highest BCUT2D eigenvalue weighted by Crippen LogP contribution is 2.18. The maximum Gasteiger partial charge on any atom is 0.238 e. The van der Waals surface area contributed by atoms with Gasteiger partial charge in [0, 0.05) is 18.3 Å². The number of benzene rings is 1. The van der Waals surface area contributed by atoms with E-state index in [9.17, 15) is 4.79 Å². The van der Waals surface area contributed by atoms with Gasteiger partial charge in [0.15, 0.2) is 0 Å². The van der Waals surface area contributed by atoms with Crippen LogP contribution in [0.4, 0.5) is 5.69 Å². The third kappa shape index (κ3) is 5.97. The van der Waals surface area contributed by atoms with Gasteiger partial charge in [0.2, 0.25) is 5.91 Å². The zero-order valence-electron chi connectivity index (χ0n) is 15.7. The SMILES string of the molecule is CN(CC(=O)Nc1ccc(OCC2CCCCO2)cc1)C1CCNCC1. The summed E-state index contributed by atoms with van der Waals surface area (Å²) in [5.41, 5.74) is 0.801. The Labute approximate surface area is 156 Å². The molecule has 2 fully saturated rings. The third-order valence-corrected chi connectivity index (χ3v) is 5.17. The number of anilines is 1. The normalized spacial score (nSPS) is 21.5. The molecule has 1 aromatic carbocycles. The quantitative estimate of drug-likeness (QED) is 0.780. The molecule has 2 saturated heterocycles. The smallest absolute Gasteiger partial charge is 0.238 e. The van der Waals surface area contributed by atoms with Crippen molar-refractivity contribution in [3.8, 4) is 5.75 Å². The molecule has 0 radical (unpaired) electrons. The fourth-order valence-corrected chi connectivity index (χ4v) is 3.57. The van der Waals surface area contributed by atoms with E-state index in [1.54, 1.807) is 0 Å². The van der Waals surface area contributed by atoms with Gasteiger partial charge in [0.05, 0.1) is 12.6 Å². The summed E-state index contributed by atoms with van der Waals surface area (Å²) in [5.74, 6) is 0.833. The van der Waals surface area contributed by atoms with Crippen LogP contribution in [-0.2, 0) is 9.53 Å². The molecule has 0 saturated carbocycles. The van der Waals surface area contributed by atoms with Crippen LogP contribution in [0.5, 0.6) is 5.75 Å². The van der Waals surface area contributed by atoms with Gasteiger partial charge >= 0.3 is 0 Å². The maximum absolute atomic E-state index is 12.3. The lowest BCUT2D eigenvalue weighted by molar-refractivity contribution is -0.117. The molecular weight excluding hydrogens is 330 g/mol. The fourth-order valence-electron chi connectivity index (χ4n) is 3.57. The van der Waals surface area contributed by atoms with E-state index in [1.807, 2.05) is 31.3 Å². The number of piperidine rings is 1. The van der Waals surface area contributed by atoms with Crippen LogP contribution in [0.2, 0.25) is 0 Å². The second-order valence-corrected chi connectivity index (χ2v) is 7.27. The third-order valence-electron chi connectivity index (χ3n) is 5.17. The number of carbonyl (C=O) groups is 1. The fraction of sp³-hybridized carbons (Fsp3) is 0.650. The minimum absolute atomic E-state index is 0.0234. The van der Waals surface area contributed by atoms with Crippen LogP contribution in [0, 0.1) is 0 Å². The van der Waals surface area contributed by atoms with E-state index in [-0.39, 0.29) is 12.0 Å². The minimum atomic E-state index is 0.0234. The van der Waals surface area contributed by atoms with Crippen molar-refractivity contribution in [2.45, 2.75) is 44.2 Å². The highest BCUT2D eigenvalue weighted by Gasteiger charge is 2.19. The predicted molar refractivity (Wildman–Crippen MR) is 103 cm³/mol. The molecule has 3 rings (SSSR count). The molecule has 0 spiro atoms. The Morgan fingerprint density at radius 2 is 2.00 bits per heavy atom. The van der Waals surface area contributed by atoms with Crippen molar-refractivity contribution in [3.05, 3.63) is 24.3 Å². The zero-order valence-corrected chi connectivity index (χ0v) is 15.7. The molecule has 6 nitrogen and oxygen atoms in total. The van der Waals surface area contributed by atoms with E-state index in [4.69, 9.17) is 9.47 Å². The molecule has 0 bridgehead atoms. The predicted octanol–water partition coefficient (Wildman–Crippen LogP) is 2.26. The van der Waals surface area contributed by atoms with Crippen LogP contribution in [0.1, 0.15) is 32.1 Å². The summed E-state index contributed by atoms with van der Waals surface area (Å²) in [4.78, 5) is 14.4. The Kier molecular flexibility index (Phi) is 7.29. The summed E-state index contributed by atoms with van der Waals surface area (Å²) in [6, 6.07) is 8.06. The second kappa shape index (κ2) is 9.90. The van der Waals surface area contributed by atoms with Crippen LogP contribution in [0.15, 0.2) is 24.3 Å². The Hall–Kier alpha value is -1.63. The average molecular weight is 361 g/mol. The van der Waals surface area contributed by atoms with E-state index in [2.05, 4.69) is 15.5 Å². The van der Waals surface area contributed by atoms with Crippen molar-refractivity contribution in [1.82, 2.24) is 10.2 Å². The number of amides is 1. The van der Waals surface area contributed by atoms with Gasteiger partial charge in [-0.15, -0.1) is 0 Å². The second-order valence-electron chi connectivity index (χ2n) is 7.27. The topological polar surface area (TPSA) is 62.8 Å². The number of carbonyl (C=O) groups excluding carboxylic acids is 1. The van der Waals surface area contributed by atoms with Crippen molar-refractivity contribution < 1.29 is 14.3 Å². The van der Waals surface area contributed by atoms with Crippen LogP contribution in [0.25, 0.3) is 0 Å². The number of ether oxygens (including phenoxy) is 2. The van der Waals surface area contributed by atoms with Crippen molar-refractivity contribution in [3.63, 3.8) is 0 Å². The first-order valence-corrected chi connectivity index (χ1v) is 9.76. The number of likely N-dealkylation sites (N-methyl/N-ethyl adjacent to an activating group) is 1. The summed E-state index contributed by atoms with van der Waals surface area (Å²) >= 11 is 0.